The van der Waals surface area contributed by atoms with Crippen molar-refractivity contribution in [1.29, 1.82) is 0 Å². The first-order valence-electron chi connectivity index (χ1n) is 7.48. The van der Waals surface area contributed by atoms with Crippen molar-refractivity contribution in [3.63, 3.8) is 0 Å². The molecular formula is C15H16ClN4S2+. The number of aromatic nitrogens is 3. The first-order valence-corrected chi connectivity index (χ1v) is 9.45. The molecule has 0 bridgehead atoms. The number of rotatable bonds is 3. The highest BCUT2D eigenvalue weighted by Gasteiger charge is 2.31. The van der Waals surface area contributed by atoms with Crippen molar-refractivity contribution >= 4 is 44.7 Å². The number of piperidine rings is 1. The molecule has 1 N–H and O–H groups in total. The van der Waals surface area contributed by atoms with Crippen LogP contribution in [0.5, 0.6) is 0 Å². The molecular weight excluding hydrogens is 336 g/mol. The van der Waals surface area contributed by atoms with Gasteiger partial charge in [-0.25, -0.2) is 4.98 Å². The second-order valence-electron chi connectivity index (χ2n) is 5.65. The van der Waals surface area contributed by atoms with Crippen molar-refractivity contribution in [3.8, 4) is 0 Å². The highest BCUT2D eigenvalue weighted by atomic mass is 35.5. The first-order chi connectivity index (χ1) is 10.8. The molecule has 22 heavy (non-hydrogen) atoms. The first kappa shape index (κ1) is 14.5. The summed E-state index contributed by atoms with van der Waals surface area (Å²) in [5, 5.41) is 5.43. The number of hydrogen-bond acceptors (Lipinski definition) is 5. The highest BCUT2D eigenvalue weighted by Crippen LogP contribution is 2.29. The summed E-state index contributed by atoms with van der Waals surface area (Å²) >= 11 is 9.28. The summed E-state index contributed by atoms with van der Waals surface area (Å²) in [6.07, 6.45) is 3.71. The van der Waals surface area contributed by atoms with E-state index in [1.165, 1.54) is 45.4 Å². The third-order valence-electron chi connectivity index (χ3n) is 4.25. The Morgan fingerprint density at radius 1 is 1.27 bits per heavy atom. The van der Waals surface area contributed by atoms with Crippen LogP contribution in [-0.2, 0) is 6.54 Å². The maximum atomic E-state index is 6.18. The number of nitrogens with one attached hydrogen (secondary N) is 1. The van der Waals surface area contributed by atoms with Crippen LogP contribution < -0.4 is 4.90 Å². The number of likely N-dealkylation sites (tertiary alicyclic amines) is 1. The minimum atomic E-state index is 0.448. The van der Waals surface area contributed by atoms with E-state index in [9.17, 15) is 0 Å². The van der Waals surface area contributed by atoms with Gasteiger partial charge in [0.25, 0.3) is 0 Å². The zero-order valence-corrected chi connectivity index (χ0v) is 14.3. The van der Waals surface area contributed by atoms with Crippen molar-refractivity contribution < 1.29 is 4.90 Å². The SMILES string of the molecule is Clc1snnc1C[NH+]1CCCC[C@@H]1c1nc2ccccc2s1. The molecule has 3 aromatic rings. The third kappa shape index (κ3) is 2.76. The average Bonchev–Trinajstić information content (AvgIpc) is 3.14. The predicted octanol–water partition coefficient (Wildman–Crippen LogP) is 3.11. The van der Waals surface area contributed by atoms with Gasteiger partial charge in [0.15, 0.2) is 5.01 Å². The number of halogens is 1. The average molecular weight is 352 g/mol. The lowest BCUT2D eigenvalue weighted by Gasteiger charge is -2.30. The smallest absolute Gasteiger partial charge is 0.151 e. The van der Waals surface area contributed by atoms with Gasteiger partial charge in [0.2, 0.25) is 0 Å². The Hall–Kier alpha value is -1.08. The van der Waals surface area contributed by atoms with Crippen LogP contribution in [0.3, 0.4) is 0 Å². The summed E-state index contributed by atoms with van der Waals surface area (Å²) in [6.45, 7) is 1.99. The van der Waals surface area contributed by atoms with E-state index in [1.54, 1.807) is 0 Å². The van der Waals surface area contributed by atoms with Gasteiger partial charge in [-0.1, -0.05) is 28.2 Å². The Balaban J connectivity index is 1.63. The molecule has 0 aliphatic carbocycles. The monoisotopic (exact) mass is 351 g/mol. The molecule has 2 atom stereocenters. The van der Waals surface area contributed by atoms with Crippen LogP contribution in [-0.4, -0.2) is 21.1 Å². The van der Waals surface area contributed by atoms with Gasteiger partial charge in [-0.05, 0) is 25.0 Å². The van der Waals surface area contributed by atoms with Crippen LogP contribution in [0.1, 0.15) is 36.0 Å². The molecule has 2 aromatic heterocycles. The van der Waals surface area contributed by atoms with Crippen LogP contribution in [0, 0.1) is 0 Å². The van der Waals surface area contributed by atoms with Gasteiger partial charge in [-0.2, -0.15) is 0 Å². The van der Waals surface area contributed by atoms with Crippen LogP contribution in [0.25, 0.3) is 10.2 Å². The largest absolute Gasteiger partial charge is 0.322 e. The second kappa shape index (κ2) is 6.20. The summed E-state index contributed by atoms with van der Waals surface area (Å²) in [6, 6.07) is 8.83. The molecule has 1 fully saturated rings. The number of thiazole rings is 1. The number of quaternary nitrogens is 1. The number of fused-ring (bicyclic) bond motifs is 1. The summed E-state index contributed by atoms with van der Waals surface area (Å²) in [4.78, 5) is 6.38. The van der Waals surface area contributed by atoms with Gasteiger partial charge in [0.1, 0.15) is 22.6 Å². The molecule has 4 rings (SSSR count). The fourth-order valence-electron chi connectivity index (χ4n) is 3.15. The number of hydrogen-bond donors (Lipinski definition) is 1. The molecule has 1 unspecified atom stereocenters. The topological polar surface area (TPSA) is 43.1 Å². The van der Waals surface area contributed by atoms with Crippen LogP contribution in [0.4, 0.5) is 0 Å². The van der Waals surface area contributed by atoms with Crippen molar-refractivity contribution in [1.82, 2.24) is 14.6 Å². The van der Waals surface area contributed by atoms with Crippen LogP contribution in [0.15, 0.2) is 24.3 Å². The van der Waals surface area contributed by atoms with Crippen LogP contribution >= 0.6 is 34.5 Å². The Labute approximate surface area is 141 Å². The maximum Gasteiger partial charge on any atom is 0.151 e. The van der Waals surface area contributed by atoms with E-state index in [1.807, 2.05) is 11.3 Å². The number of benzene rings is 1. The molecule has 114 valence electrons. The number of para-hydroxylation sites is 1. The van der Waals surface area contributed by atoms with E-state index in [0.717, 1.165) is 28.6 Å². The fraction of sp³-hybridized carbons (Fsp3) is 0.400. The van der Waals surface area contributed by atoms with Crippen LogP contribution in [0.2, 0.25) is 4.34 Å². The zero-order chi connectivity index (χ0) is 14.9. The normalized spacial score (nSPS) is 22.2. The van der Waals surface area contributed by atoms with Crippen molar-refractivity contribution in [2.45, 2.75) is 31.8 Å². The third-order valence-corrected chi connectivity index (χ3v) is 6.38. The maximum absolute atomic E-state index is 6.18. The van der Waals surface area contributed by atoms with Gasteiger partial charge in [0.05, 0.1) is 16.8 Å². The summed E-state index contributed by atoms with van der Waals surface area (Å²) in [5.74, 6) is 0. The van der Waals surface area contributed by atoms with Crippen molar-refractivity contribution in [2.24, 2.45) is 0 Å². The zero-order valence-electron chi connectivity index (χ0n) is 12.0. The molecule has 1 aromatic carbocycles. The molecule has 0 amide bonds. The summed E-state index contributed by atoms with van der Waals surface area (Å²) in [5.41, 5.74) is 2.04. The van der Waals surface area contributed by atoms with E-state index < -0.39 is 0 Å². The molecule has 7 heteroatoms. The van der Waals surface area contributed by atoms with Gasteiger partial charge in [-0.3, -0.25) is 0 Å². The molecule has 0 radical (unpaired) electrons. The Kier molecular flexibility index (Phi) is 4.09. The minimum Gasteiger partial charge on any atom is -0.322 e. The standard InChI is InChI=1S/C15H15ClN4S2/c16-14-11(18-19-22-14)9-20-8-4-3-6-12(20)15-17-10-5-1-2-7-13(10)21-15/h1-2,5,7,12H,3-4,6,8-9H2/p+1/t12-/m1/s1. The molecule has 0 saturated carbocycles. The van der Waals surface area contributed by atoms with E-state index in [2.05, 4.69) is 33.9 Å². The lowest BCUT2D eigenvalue weighted by Crippen LogP contribution is -3.11. The fourth-order valence-corrected chi connectivity index (χ4v) is 4.93. The Morgan fingerprint density at radius 3 is 3.00 bits per heavy atom. The molecule has 1 aliphatic rings. The number of nitrogens with zero attached hydrogens (tertiary/aromatic N) is 3. The van der Waals surface area contributed by atoms with E-state index in [-0.39, 0.29) is 0 Å². The Bertz CT molecular complexity index is 752. The highest BCUT2D eigenvalue weighted by molar-refractivity contribution is 7.18. The van der Waals surface area contributed by atoms with E-state index >= 15 is 0 Å². The quantitative estimate of drug-likeness (QED) is 0.788. The van der Waals surface area contributed by atoms with Gasteiger partial charge in [0, 0.05) is 18.0 Å². The van der Waals surface area contributed by atoms with Gasteiger partial charge < -0.3 is 4.90 Å². The van der Waals surface area contributed by atoms with E-state index in [4.69, 9.17) is 16.6 Å². The molecule has 1 saturated heterocycles. The predicted molar refractivity (Wildman–Crippen MR) is 90.7 cm³/mol. The lowest BCUT2D eigenvalue weighted by atomic mass is 10.0. The minimum absolute atomic E-state index is 0.448. The molecule has 0 spiro atoms. The summed E-state index contributed by atoms with van der Waals surface area (Å²) in [7, 11) is 0. The van der Waals surface area contributed by atoms with Gasteiger partial charge >= 0.3 is 0 Å². The Morgan fingerprint density at radius 2 is 2.18 bits per heavy atom. The molecule has 1 aliphatic heterocycles. The van der Waals surface area contributed by atoms with Crippen molar-refractivity contribution in [3.05, 3.63) is 39.3 Å². The molecule has 3 heterocycles. The molecule has 4 nitrogen and oxygen atoms in total. The van der Waals surface area contributed by atoms with Crippen molar-refractivity contribution in [2.75, 3.05) is 6.54 Å². The second-order valence-corrected chi connectivity index (χ2v) is 8.06. The lowest BCUT2D eigenvalue weighted by molar-refractivity contribution is -0.950. The van der Waals surface area contributed by atoms with E-state index in [0.29, 0.717) is 6.04 Å². The van der Waals surface area contributed by atoms with Gasteiger partial charge in [-0.15, -0.1) is 16.4 Å². The summed E-state index contributed by atoms with van der Waals surface area (Å²) < 4.78 is 5.95.